The Bertz CT molecular complexity index is 1580. The minimum absolute atomic E-state index is 0.115. The number of ether oxygens (including phenoxy) is 1. The van der Waals surface area contributed by atoms with Gasteiger partial charge >= 0.3 is 5.69 Å². The molecular weight excluding hydrogens is 556 g/mol. The van der Waals surface area contributed by atoms with E-state index in [1.807, 2.05) is 24.3 Å². The summed E-state index contributed by atoms with van der Waals surface area (Å²) >= 11 is 5.90. The van der Waals surface area contributed by atoms with Crippen LogP contribution < -0.4 is 15.7 Å². The van der Waals surface area contributed by atoms with Crippen molar-refractivity contribution in [3.05, 3.63) is 81.6 Å². The van der Waals surface area contributed by atoms with Gasteiger partial charge in [-0.15, -0.1) is 0 Å². The highest BCUT2D eigenvalue weighted by molar-refractivity contribution is 6.30. The Hall–Kier alpha value is -3.83. The van der Waals surface area contributed by atoms with E-state index in [2.05, 4.69) is 15.3 Å². The Balaban J connectivity index is 1.28. The van der Waals surface area contributed by atoms with Crippen molar-refractivity contribution < 1.29 is 23.4 Å². The van der Waals surface area contributed by atoms with Crippen LogP contribution in [0.3, 0.4) is 0 Å². The van der Waals surface area contributed by atoms with Crippen molar-refractivity contribution in [1.82, 2.24) is 24.4 Å². The van der Waals surface area contributed by atoms with Crippen molar-refractivity contribution in [3.8, 4) is 11.6 Å². The van der Waals surface area contributed by atoms with Crippen LogP contribution in [-0.4, -0.2) is 48.9 Å². The highest BCUT2D eigenvalue weighted by Gasteiger charge is 2.27. The van der Waals surface area contributed by atoms with Gasteiger partial charge in [0.1, 0.15) is 12.3 Å². The third-order valence-electron chi connectivity index (χ3n) is 7.25. The van der Waals surface area contributed by atoms with Gasteiger partial charge in [0, 0.05) is 24.8 Å². The molecule has 216 valence electrons. The molecule has 5 rings (SSSR count). The number of para-hydroxylation sites is 2. The number of aromatic nitrogens is 4. The number of benzene rings is 1. The predicted octanol–water partition coefficient (Wildman–Crippen LogP) is 4.92. The molecule has 9 nitrogen and oxygen atoms in total. The molecular formula is C29H30ClF2N5O4. The quantitative estimate of drug-likeness (QED) is 0.288. The zero-order valence-electron chi connectivity index (χ0n) is 22.3. The number of aliphatic hydroxyl groups is 1. The molecule has 1 aromatic carbocycles. The largest absolute Gasteiger partial charge is 0.475 e. The average molecular weight is 586 g/mol. The van der Waals surface area contributed by atoms with E-state index < -0.39 is 24.1 Å². The van der Waals surface area contributed by atoms with Crippen LogP contribution in [0.5, 0.6) is 5.88 Å². The van der Waals surface area contributed by atoms with Gasteiger partial charge in [0.2, 0.25) is 5.88 Å². The molecule has 3 aromatic heterocycles. The fourth-order valence-corrected chi connectivity index (χ4v) is 5.40. The molecule has 2 N–H and O–H groups in total. The van der Waals surface area contributed by atoms with Gasteiger partial charge in [-0.2, -0.15) is 0 Å². The van der Waals surface area contributed by atoms with Gasteiger partial charge in [0.05, 0.1) is 39.6 Å². The monoisotopic (exact) mass is 585 g/mol. The lowest BCUT2D eigenvalue weighted by Crippen LogP contribution is -2.39. The maximum absolute atomic E-state index is 13.6. The van der Waals surface area contributed by atoms with Gasteiger partial charge < -0.3 is 15.2 Å². The Kier molecular flexibility index (Phi) is 8.65. The summed E-state index contributed by atoms with van der Waals surface area (Å²) in [5.74, 6) is -0.0692. The minimum Gasteiger partial charge on any atom is -0.475 e. The summed E-state index contributed by atoms with van der Waals surface area (Å²) in [6.07, 6.45) is 1.97. The first-order valence-electron chi connectivity index (χ1n) is 13.4. The highest BCUT2D eigenvalue weighted by atomic mass is 35.5. The smallest absolute Gasteiger partial charge is 0.333 e. The Morgan fingerprint density at radius 1 is 1.12 bits per heavy atom. The van der Waals surface area contributed by atoms with Gasteiger partial charge in [-0.1, -0.05) is 23.7 Å². The van der Waals surface area contributed by atoms with Crippen LogP contribution in [0.25, 0.3) is 16.7 Å². The number of fused-ring (bicyclic) bond motifs is 1. The molecule has 1 saturated carbocycles. The summed E-state index contributed by atoms with van der Waals surface area (Å²) in [4.78, 5) is 34.3. The lowest BCUT2D eigenvalue weighted by Gasteiger charge is -2.29. The van der Waals surface area contributed by atoms with Crippen LogP contribution in [0, 0.1) is 5.92 Å². The van der Waals surface area contributed by atoms with Gasteiger partial charge in [-0.25, -0.2) is 18.6 Å². The molecule has 4 aromatic rings. The summed E-state index contributed by atoms with van der Waals surface area (Å²) in [6, 6.07) is 12.0. The molecule has 0 bridgehead atoms. The van der Waals surface area contributed by atoms with Crippen LogP contribution in [0.4, 0.5) is 8.78 Å². The van der Waals surface area contributed by atoms with E-state index in [-0.39, 0.29) is 34.8 Å². The number of imidazole rings is 1. The molecule has 1 aliphatic carbocycles. The second-order valence-corrected chi connectivity index (χ2v) is 10.7. The number of hydrogen-bond acceptors (Lipinski definition) is 6. The van der Waals surface area contributed by atoms with E-state index in [9.17, 15) is 23.5 Å². The van der Waals surface area contributed by atoms with E-state index >= 15 is 0 Å². The van der Waals surface area contributed by atoms with E-state index in [1.54, 1.807) is 34.4 Å². The molecule has 12 heteroatoms. The zero-order valence-corrected chi connectivity index (χ0v) is 23.1. The number of pyridine rings is 2. The molecule has 1 fully saturated rings. The van der Waals surface area contributed by atoms with E-state index in [1.165, 1.54) is 6.07 Å². The first-order chi connectivity index (χ1) is 19.7. The van der Waals surface area contributed by atoms with Crippen molar-refractivity contribution in [3.63, 3.8) is 0 Å². The summed E-state index contributed by atoms with van der Waals surface area (Å²) < 4.78 is 35.5. The van der Waals surface area contributed by atoms with Crippen LogP contribution >= 0.6 is 11.6 Å². The third kappa shape index (κ3) is 6.41. The minimum atomic E-state index is -2.89. The topological polar surface area (TPSA) is 111 Å². The molecule has 41 heavy (non-hydrogen) atoms. The summed E-state index contributed by atoms with van der Waals surface area (Å²) in [5, 5.41) is 12.4. The van der Waals surface area contributed by atoms with Gasteiger partial charge in [0.15, 0.2) is 0 Å². The number of amides is 1. The van der Waals surface area contributed by atoms with Crippen LogP contribution in [0.2, 0.25) is 5.02 Å². The average Bonchev–Trinajstić information content (AvgIpc) is 3.23. The number of hydrogen-bond donors (Lipinski definition) is 2. The van der Waals surface area contributed by atoms with E-state index in [4.69, 9.17) is 16.3 Å². The number of carbonyl (C=O) groups excluding carboxylic acids is 1. The highest BCUT2D eigenvalue weighted by Crippen LogP contribution is 2.29. The molecule has 1 unspecified atom stereocenters. The number of halogens is 3. The van der Waals surface area contributed by atoms with E-state index in [0.29, 0.717) is 31.0 Å². The molecule has 0 saturated heterocycles. The number of aliphatic hydroxyl groups excluding tert-OH is 1. The standard InChI is InChI=1S/C29H30ClF2N5O4/c1-17(38)16-41-25-11-10-21(14-33-25)37-24-5-3-2-4-23(24)36(29(37)40)15-18-6-8-20(9-7-18)35-28(39)22-12-19(30)13-34-26(22)27(31)32/h2-5,10-14,17-18,20,27,38H,6-9,15-16H2,1H3,(H,35,39). The number of rotatable bonds is 9. The summed E-state index contributed by atoms with van der Waals surface area (Å²) in [7, 11) is 0. The number of carbonyl (C=O) groups is 1. The zero-order chi connectivity index (χ0) is 29.1. The molecule has 1 aliphatic rings. The third-order valence-corrected chi connectivity index (χ3v) is 7.45. The SMILES string of the molecule is CC(O)COc1ccc(-n2c(=O)n(CC3CCC(NC(=O)c4cc(Cl)cnc4C(F)F)CC3)c3ccccc32)cn1. The maximum Gasteiger partial charge on any atom is 0.333 e. The predicted molar refractivity (Wildman–Crippen MR) is 150 cm³/mol. The van der Waals surface area contributed by atoms with Gasteiger partial charge in [-0.05, 0) is 62.8 Å². The normalized spacial score (nSPS) is 18.0. The molecule has 3 heterocycles. The number of alkyl halides is 2. The lowest BCUT2D eigenvalue weighted by atomic mass is 9.85. The number of nitrogens with zero attached hydrogens (tertiary/aromatic N) is 4. The Morgan fingerprint density at radius 3 is 2.51 bits per heavy atom. The van der Waals surface area contributed by atoms with Crippen molar-refractivity contribution >= 4 is 28.5 Å². The maximum atomic E-state index is 13.6. The van der Waals surface area contributed by atoms with Crippen LogP contribution in [0.1, 0.15) is 55.1 Å². The second kappa shape index (κ2) is 12.4. The van der Waals surface area contributed by atoms with Crippen molar-refractivity contribution in [1.29, 1.82) is 0 Å². The van der Waals surface area contributed by atoms with E-state index in [0.717, 1.165) is 30.1 Å². The molecule has 1 atom stereocenters. The van der Waals surface area contributed by atoms with Gasteiger partial charge in [-0.3, -0.25) is 18.9 Å². The second-order valence-electron chi connectivity index (χ2n) is 10.3. The first kappa shape index (κ1) is 28.7. The van der Waals surface area contributed by atoms with Crippen LogP contribution in [-0.2, 0) is 6.54 Å². The Labute approximate surface area is 239 Å². The number of nitrogens with one attached hydrogen (secondary N) is 1. The van der Waals surface area contributed by atoms with Crippen molar-refractivity contribution in [2.45, 2.75) is 57.7 Å². The molecule has 1 amide bonds. The molecule has 0 spiro atoms. The van der Waals surface area contributed by atoms with Crippen molar-refractivity contribution in [2.24, 2.45) is 5.92 Å². The summed E-state index contributed by atoms with van der Waals surface area (Å²) in [6.45, 7) is 2.24. The first-order valence-corrected chi connectivity index (χ1v) is 13.8. The fourth-order valence-electron chi connectivity index (χ4n) is 5.25. The lowest BCUT2D eigenvalue weighted by molar-refractivity contribution is 0.0904. The van der Waals surface area contributed by atoms with Crippen molar-refractivity contribution in [2.75, 3.05) is 6.61 Å². The molecule has 0 radical (unpaired) electrons. The van der Waals surface area contributed by atoms with Gasteiger partial charge in [0.25, 0.3) is 12.3 Å². The molecule has 0 aliphatic heterocycles. The summed E-state index contributed by atoms with van der Waals surface area (Å²) in [5.41, 5.74) is 1.16. The van der Waals surface area contributed by atoms with Crippen LogP contribution in [0.15, 0.2) is 59.7 Å². The fraction of sp³-hybridized carbons (Fsp3) is 0.379. The Morgan fingerprint density at radius 2 is 1.85 bits per heavy atom.